The van der Waals surface area contributed by atoms with Crippen molar-refractivity contribution in [2.75, 3.05) is 6.54 Å². The zero-order valence-corrected chi connectivity index (χ0v) is 11.9. The number of carbonyl (C=O) groups excluding carboxylic acids is 1. The molecule has 1 saturated heterocycles. The number of aliphatic carboxylic acids is 1. The summed E-state index contributed by atoms with van der Waals surface area (Å²) in [5.41, 5.74) is -0.126. The van der Waals surface area contributed by atoms with Crippen LogP contribution < -0.4 is 0 Å². The molecule has 4 nitrogen and oxygen atoms in total. The molecule has 0 spiro atoms. The van der Waals surface area contributed by atoms with Crippen molar-refractivity contribution in [3.05, 3.63) is 35.6 Å². The van der Waals surface area contributed by atoms with Gasteiger partial charge in [-0.15, -0.1) is 0 Å². The lowest BCUT2D eigenvalue weighted by molar-refractivity contribution is -0.155. The molecule has 0 aromatic heterocycles. The second-order valence-corrected chi connectivity index (χ2v) is 6.17. The number of hydrogen-bond acceptors (Lipinski definition) is 2. The first kappa shape index (κ1) is 14.0. The average molecular weight is 291 g/mol. The third kappa shape index (κ3) is 2.30. The van der Waals surface area contributed by atoms with E-state index in [1.54, 1.807) is 19.1 Å². The van der Waals surface area contributed by atoms with E-state index in [-0.39, 0.29) is 23.6 Å². The van der Waals surface area contributed by atoms with Crippen LogP contribution >= 0.6 is 0 Å². The minimum atomic E-state index is -1.08. The second-order valence-electron chi connectivity index (χ2n) is 6.17. The maximum absolute atomic E-state index is 12.9. The summed E-state index contributed by atoms with van der Waals surface area (Å²) in [6.07, 6.45) is 1.95. The molecule has 1 N–H and O–H groups in total. The fraction of sp³-hybridized carbons (Fsp3) is 0.500. The lowest BCUT2D eigenvalue weighted by Gasteiger charge is -2.31. The number of carboxylic acid groups (broad SMARTS) is 1. The Morgan fingerprint density at radius 2 is 2.00 bits per heavy atom. The highest BCUT2D eigenvalue weighted by Crippen LogP contribution is 2.50. The fourth-order valence-corrected chi connectivity index (χ4v) is 3.29. The van der Waals surface area contributed by atoms with E-state index in [0.29, 0.717) is 13.0 Å². The van der Waals surface area contributed by atoms with Crippen LogP contribution in [0.3, 0.4) is 0 Å². The number of halogens is 1. The van der Waals surface area contributed by atoms with Crippen molar-refractivity contribution >= 4 is 11.9 Å². The lowest BCUT2D eigenvalue weighted by atomic mass is 9.98. The number of hydrogen-bond donors (Lipinski definition) is 1. The van der Waals surface area contributed by atoms with Crippen molar-refractivity contribution in [2.45, 2.75) is 37.6 Å². The summed E-state index contributed by atoms with van der Waals surface area (Å²) >= 11 is 0. The Balaban J connectivity index is 1.73. The number of benzene rings is 1. The van der Waals surface area contributed by atoms with Crippen LogP contribution in [0, 0.1) is 11.7 Å². The normalized spacial score (nSPS) is 31.2. The van der Waals surface area contributed by atoms with E-state index in [0.717, 1.165) is 18.4 Å². The van der Waals surface area contributed by atoms with Gasteiger partial charge in [-0.2, -0.15) is 0 Å². The van der Waals surface area contributed by atoms with E-state index in [1.807, 2.05) is 0 Å². The van der Waals surface area contributed by atoms with Crippen molar-refractivity contribution < 1.29 is 19.1 Å². The summed E-state index contributed by atoms with van der Waals surface area (Å²) < 4.78 is 12.9. The molecule has 1 aromatic carbocycles. The predicted octanol–water partition coefficient (Wildman–Crippen LogP) is 2.39. The molecule has 3 atom stereocenters. The fourth-order valence-electron chi connectivity index (χ4n) is 3.29. The zero-order chi connectivity index (χ0) is 15.2. The Morgan fingerprint density at radius 1 is 1.33 bits per heavy atom. The molecular weight excluding hydrogens is 273 g/mol. The highest BCUT2D eigenvalue weighted by Gasteiger charge is 2.53. The summed E-state index contributed by atoms with van der Waals surface area (Å²) in [7, 11) is 0. The molecule has 5 heteroatoms. The third-order valence-corrected chi connectivity index (χ3v) is 4.77. The Kier molecular flexibility index (Phi) is 3.23. The van der Waals surface area contributed by atoms with Crippen LogP contribution in [-0.2, 0) is 9.59 Å². The van der Waals surface area contributed by atoms with Crippen LogP contribution in [0.2, 0.25) is 0 Å². The highest BCUT2D eigenvalue weighted by molar-refractivity contribution is 5.90. The molecular formula is C16H18FNO3. The highest BCUT2D eigenvalue weighted by atomic mass is 19.1. The molecule has 1 aliphatic carbocycles. The third-order valence-electron chi connectivity index (χ3n) is 4.77. The van der Waals surface area contributed by atoms with Gasteiger partial charge in [0.1, 0.15) is 11.4 Å². The molecule has 3 rings (SSSR count). The molecule has 21 heavy (non-hydrogen) atoms. The van der Waals surface area contributed by atoms with Crippen LogP contribution in [0.25, 0.3) is 0 Å². The SMILES string of the molecule is CC1(C(=O)O)CCCN1C(=O)C1CC1c1ccc(F)cc1. The predicted molar refractivity (Wildman–Crippen MR) is 74.2 cm³/mol. The standard InChI is InChI=1S/C16H18FNO3/c1-16(15(20)21)7-2-8-18(16)14(19)13-9-12(13)10-3-5-11(17)6-4-10/h3-6,12-13H,2,7-9H2,1H3,(H,20,21). The van der Waals surface area contributed by atoms with Crippen molar-refractivity contribution in [3.8, 4) is 0 Å². The first-order chi connectivity index (χ1) is 9.93. The Labute approximate surface area is 122 Å². The Bertz CT molecular complexity index is 586. The molecule has 1 heterocycles. The first-order valence-corrected chi connectivity index (χ1v) is 7.24. The summed E-state index contributed by atoms with van der Waals surface area (Å²) in [6.45, 7) is 2.13. The van der Waals surface area contributed by atoms with Crippen molar-refractivity contribution in [1.82, 2.24) is 4.90 Å². The van der Waals surface area contributed by atoms with E-state index in [9.17, 15) is 19.1 Å². The number of rotatable bonds is 3. The van der Waals surface area contributed by atoms with Gasteiger partial charge in [0.25, 0.3) is 0 Å². The zero-order valence-electron chi connectivity index (χ0n) is 11.9. The quantitative estimate of drug-likeness (QED) is 0.930. The Morgan fingerprint density at radius 3 is 2.62 bits per heavy atom. The van der Waals surface area contributed by atoms with Gasteiger partial charge in [-0.05, 0) is 49.8 Å². The van der Waals surface area contributed by atoms with Gasteiger partial charge in [-0.1, -0.05) is 12.1 Å². The topological polar surface area (TPSA) is 57.6 Å². The van der Waals surface area contributed by atoms with Crippen LogP contribution in [0.4, 0.5) is 4.39 Å². The van der Waals surface area contributed by atoms with Gasteiger partial charge in [0.2, 0.25) is 5.91 Å². The summed E-state index contributed by atoms with van der Waals surface area (Å²) in [4.78, 5) is 25.5. The molecule has 1 saturated carbocycles. The minimum Gasteiger partial charge on any atom is -0.480 e. The molecule has 0 radical (unpaired) electrons. The molecule has 3 unspecified atom stereocenters. The summed E-state index contributed by atoms with van der Waals surface area (Å²) in [6, 6.07) is 6.19. The van der Waals surface area contributed by atoms with E-state index in [4.69, 9.17) is 0 Å². The van der Waals surface area contributed by atoms with Crippen molar-refractivity contribution in [1.29, 1.82) is 0 Å². The molecule has 1 aromatic rings. The molecule has 2 aliphatic rings. The van der Waals surface area contributed by atoms with Gasteiger partial charge in [0.15, 0.2) is 0 Å². The second kappa shape index (κ2) is 4.83. The van der Waals surface area contributed by atoms with Crippen LogP contribution in [0.5, 0.6) is 0 Å². The summed E-state index contributed by atoms with van der Waals surface area (Å²) in [5.74, 6) is -1.37. The van der Waals surface area contributed by atoms with E-state index >= 15 is 0 Å². The number of nitrogens with zero attached hydrogens (tertiary/aromatic N) is 1. The van der Waals surface area contributed by atoms with Crippen molar-refractivity contribution in [3.63, 3.8) is 0 Å². The average Bonchev–Trinajstić information content (AvgIpc) is 3.14. The largest absolute Gasteiger partial charge is 0.480 e. The first-order valence-electron chi connectivity index (χ1n) is 7.24. The van der Waals surface area contributed by atoms with E-state index in [2.05, 4.69) is 0 Å². The van der Waals surface area contributed by atoms with Crippen LogP contribution in [0.15, 0.2) is 24.3 Å². The molecule has 112 valence electrons. The maximum Gasteiger partial charge on any atom is 0.329 e. The van der Waals surface area contributed by atoms with Crippen LogP contribution in [0.1, 0.15) is 37.7 Å². The van der Waals surface area contributed by atoms with Gasteiger partial charge >= 0.3 is 5.97 Å². The molecule has 2 fully saturated rings. The van der Waals surface area contributed by atoms with Crippen LogP contribution in [-0.4, -0.2) is 34.0 Å². The van der Waals surface area contributed by atoms with Gasteiger partial charge in [-0.25, -0.2) is 9.18 Å². The smallest absolute Gasteiger partial charge is 0.329 e. The monoisotopic (exact) mass is 291 g/mol. The minimum absolute atomic E-state index is 0.0771. The molecule has 0 bridgehead atoms. The van der Waals surface area contributed by atoms with E-state index < -0.39 is 11.5 Å². The molecule has 1 amide bonds. The number of likely N-dealkylation sites (tertiary alicyclic amines) is 1. The number of carboxylic acids is 1. The molecule has 1 aliphatic heterocycles. The van der Waals surface area contributed by atoms with Gasteiger partial charge in [0, 0.05) is 12.5 Å². The number of amides is 1. The summed E-state index contributed by atoms with van der Waals surface area (Å²) in [5, 5.41) is 9.37. The van der Waals surface area contributed by atoms with Gasteiger partial charge in [0.05, 0.1) is 0 Å². The lowest BCUT2D eigenvalue weighted by Crippen LogP contribution is -2.51. The van der Waals surface area contributed by atoms with Gasteiger partial charge < -0.3 is 10.0 Å². The maximum atomic E-state index is 12.9. The van der Waals surface area contributed by atoms with Crippen molar-refractivity contribution in [2.24, 2.45) is 5.92 Å². The number of carbonyl (C=O) groups is 2. The van der Waals surface area contributed by atoms with Gasteiger partial charge in [-0.3, -0.25) is 4.79 Å². The Hall–Kier alpha value is -1.91. The van der Waals surface area contributed by atoms with E-state index in [1.165, 1.54) is 17.0 Å².